The highest BCUT2D eigenvalue weighted by Crippen LogP contribution is 2.05. The molecule has 1 aromatic rings. The van der Waals surface area contributed by atoms with Crippen LogP contribution in [0.3, 0.4) is 0 Å². The summed E-state index contributed by atoms with van der Waals surface area (Å²) in [5.74, 6) is -2.27. The summed E-state index contributed by atoms with van der Waals surface area (Å²) in [5, 5.41) is 2.41. The van der Waals surface area contributed by atoms with E-state index in [9.17, 15) is 14.4 Å². The molecular formula is C12H15N3O3. The van der Waals surface area contributed by atoms with Gasteiger partial charge in [0.2, 0.25) is 5.91 Å². The maximum atomic E-state index is 11.7. The minimum absolute atomic E-state index is 0.0242. The number of para-hydroxylation sites is 1. The van der Waals surface area contributed by atoms with Crippen LogP contribution in [0.25, 0.3) is 0 Å². The van der Waals surface area contributed by atoms with Gasteiger partial charge in [-0.1, -0.05) is 18.2 Å². The van der Waals surface area contributed by atoms with Gasteiger partial charge in [-0.15, -0.1) is 0 Å². The van der Waals surface area contributed by atoms with Gasteiger partial charge in [-0.2, -0.15) is 0 Å². The lowest BCUT2D eigenvalue weighted by Crippen LogP contribution is -2.44. The lowest BCUT2D eigenvalue weighted by Gasteiger charge is -2.17. The van der Waals surface area contributed by atoms with Crippen LogP contribution in [-0.4, -0.2) is 35.7 Å². The first kappa shape index (κ1) is 13.9. The van der Waals surface area contributed by atoms with Crippen molar-refractivity contribution in [1.82, 2.24) is 4.90 Å². The van der Waals surface area contributed by atoms with Crippen molar-refractivity contribution in [3.8, 4) is 0 Å². The number of nitrogens with zero attached hydrogens (tertiary/aromatic N) is 1. The summed E-state index contributed by atoms with van der Waals surface area (Å²) in [6, 6.07) is 8.53. The topological polar surface area (TPSA) is 92.5 Å². The summed E-state index contributed by atoms with van der Waals surface area (Å²) in [6.07, 6.45) is 0. The van der Waals surface area contributed by atoms with Crippen LogP contribution >= 0.6 is 0 Å². The van der Waals surface area contributed by atoms with E-state index in [1.54, 1.807) is 30.3 Å². The molecule has 0 radical (unpaired) electrons. The van der Waals surface area contributed by atoms with Crippen molar-refractivity contribution < 1.29 is 14.4 Å². The molecule has 0 aliphatic carbocycles. The number of carbonyl (C=O) groups excluding carboxylic acids is 3. The number of benzene rings is 1. The number of carbonyl (C=O) groups is 3. The summed E-state index contributed by atoms with van der Waals surface area (Å²) >= 11 is 0. The lowest BCUT2D eigenvalue weighted by atomic mass is 10.3. The molecule has 1 rings (SSSR count). The third-order valence-electron chi connectivity index (χ3n) is 2.20. The highest BCUT2D eigenvalue weighted by molar-refractivity contribution is 6.41. The van der Waals surface area contributed by atoms with Crippen molar-refractivity contribution in [3.63, 3.8) is 0 Å². The molecule has 0 aromatic heterocycles. The van der Waals surface area contributed by atoms with Gasteiger partial charge in [0.15, 0.2) is 0 Å². The van der Waals surface area contributed by atoms with Crippen LogP contribution in [0.15, 0.2) is 30.3 Å². The molecule has 0 heterocycles. The first-order valence-corrected chi connectivity index (χ1v) is 5.44. The Balaban J connectivity index is 2.71. The van der Waals surface area contributed by atoms with Crippen LogP contribution in [0.1, 0.15) is 6.92 Å². The maximum Gasteiger partial charge on any atom is 0.318 e. The zero-order chi connectivity index (χ0) is 13.5. The van der Waals surface area contributed by atoms with Crippen LogP contribution < -0.4 is 11.1 Å². The highest BCUT2D eigenvalue weighted by Gasteiger charge is 2.24. The van der Waals surface area contributed by atoms with Gasteiger partial charge < -0.3 is 11.1 Å². The molecular weight excluding hydrogens is 234 g/mol. The molecule has 3 N–H and O–H groups in total. The van der Waals surface area contributed by atoms with Crippen LogP contribution in [0.4, 0.5) is 5.69 Å². The van der Waals surface area contributed by atoms with Crippen molar-refractivity contribution in [1.29, 1.82) is 0 Å². The van der Waals surface area contributed by atoms with Gasteiger partial charge in [0.1, 0.15) is 0 Å². The molecule has 0 fully saturated rings. The molecule has 0 saturated heterocycles. The number of imide groups is 1. The maximum absolute atomic E-state index is 11.7. The van der Waals surface area contributed by atoms with Crippen molar-refractivity contribution >= 4 is 23.4 Å². The third kappa shape index (κ3) is 3.67. The van der Waals surface area contributed by atoms with Gasteiger partial charge in [0.05, 0.1) is 0 Å². The van der Waals surface area contributed by atoms with Crippen LogP contribution in [0, 0.1) is 0 Å². The number of amides is 3. The zero-order valence-electron chi connectivity index (χ0n) is 10.1. The van der Waals surface area contributed by atoms with Crippen LogP contribution in [0.2, 0.25) is 0 Å². The van der Waals surface area contributed by atoms with E-state index in [0.717, 1.165) is 4.90 Å². The van der Waals surface area contributed by atoms with E-state index in [2.05, 4.69) is 5.32 Å². The predicted octanol–water partition coefficient (Wildman–Crippen LogP) is -0.0411. The Morgan fingerprint density at radius 1 is 1.22 bits per heavy atom. The SMILES string of the molecule is CC(=O)N(CCN)C(=O)C(=O)Nc1ccccc1. The van der Waals surface area contributed by atoms with Gasteiger partial charge >= 0.3 is 11.8 Å². The van der Waals surface area contributed by atoms with Gasteiger partial charge in [-0.05, 0) is 12.1 Å². The first-order valence-electron chi connectivity index (χ1n) is 5.44. The van der Waals surface area contributed by atoms with E-state index in [0.29, 0.717) is 5.69 Å². The minimum Gasteiger partial charge on any atom is -0.329 e. The quantitative estimate of drug-likeness (QED) is 0.735. The second-order valence-electron chi connectivity index (χ2n) is 3.58. The summed E-state index contributed by atoms with van der Waals surface area (Å²) in [5.41, 5.74) is 5.77. The van der Waals surface area contributed by atoms with Crippen molar-refractivity contribution in [2.75, 3.05) is 18.4 Å². The monoisotopic (exact) mass is 249 g/mol. The Labute approximate surface area is 105 Å². The van der Waals surface area contributed by atoms with Gasteiger partial charge in [0.25, 0.3) is 0 Å². The van der Waals surface area contributed by atoms with E-state index in [1.165, 1.54) is 6.92 Å². The predicted molar refractivity (Wildman–Crippen MR) is 66.5 cm³/mol. The second-order valence-corrected chi connectivity index (χ2v) is 3.58. The zero-order valence-corrected chi connectivity index (χ0v) is 10.1. The highest BCUT2D eigenvalue weighted by atomic mass is 16.2. The molecule has 0 unspecified atom stereocenters. The van der Waals surface area contributed by atoms with E-state index < -0.39 is 17.7 Å². The summed E-state index contributed by atoms with van der Waals surface area (Å²) < 4.78 is 0. The molecule has 18 heavy (non-hydrogen) atoms. The standard InChI is InChI=1S/C12H15N3O3/c1-9(16)15(8-7-13)12(18)11(17)14-10-5-3-2-4-6-10/h2-6H,7-8,13H2,1H3,(H,14,17). The molecule has 0 bridgehead atoms. The Kier molecular flexibility index (Phi) is 5.01. The molecule has 0 atom stereocenters. The van der Waals surface area contributed by atoms with Crippen LogP contribution in [0.5, 0.6) is 0 Å². The molecule has 6 heteroatoms. The molecule has 3 amide bonds. The number of nitrogens with one attached hydrogen (secondary N) is 1. The van der Waals surface area contributed by atoms with Gasteiger partial charge in [-0.25, -0.2) is 0 Å². The molecule has 1 aromatic carbocycles. The average Bonchev–Trinajstić information content (AvgIpc) is 2.36. The third-order valence-corrected chi connectivity index (χ3v) is 2.20. The van der Waals surface area contributed by atoms with Crippen molar-refractivity contribution in [2.24, 2.45) is 5.73 Å². The summed E-state index contributed by atoms with van der Waals surface area (Å²) in [6.45, 7) is 1.35. The van der Waals surface area contributed by atoms with Gasteiger partial charge in [0, 0.05) is 25.7 Å². The minimum atomic E-state index is -0.906. The first-order chi connectivity index (χ1) is 8.56. The summed E-state index contributed by atoms with van der Waals surface area (Å²) in [7, 11) is 0. The van der Waals surface area contributed by atoms with Gasteiger partial charge in [-0.3, -0.25) is 19.3 Å². The number of rotatable bonds is 3. The number of hydrogen-bond acceptors (Lipinski definition) is 4. The second kappa shape index (κ2) is 6.51. The molecule has 0 saturated carbocycles. The Morgan fingerprint density at radius 3 is 2.33 bits per heavy atom. The van der Waals surface area contributed by atoms with E-state index in [-0.39, 0.29) is 13.1 Å². The van der Waals surface area contributed by atoms with Crippen molar-refractivity contribution in [3.05, 3.63) is 30.3 Å². The smallest absolute Gasteiger partial charge is 0.318 e. The fraction of sp³-hybridized carbons (Fsp3) is 0.250. The Bertz CT molecular complexity index is 445. The van der Waals surface area contributed by atoms with E-state index in [4.69, 9.17) is 5.73 Å². The Morgan fingerprint density at radius 2 is 1.83 bits per heavy atom. The van der Waals surface area contributed by atoms with Crippen molar-refractivity contribution in [2.45, 2.75) is 6.92 Å². The molecule has 96 valence electrons. The largest absolute Gasteiger partial charge is 0.329 e. The molecule has 0 spiro atoms. The molecule has 6 nitrogen and oxygen atoms in total. The van der Waals surface area contributed by atoms with E-state index >= 15 is 0 Å². The lowest BCUT2D eigenvalue weighted by molar-refractivity contribution is -0.149. The average molecular weight is 249 g/mol. The molecule has 0 aliphatic heterocycles. The normalized spacial score (nSPS) is 9.67. The van der Waals surface area contributed by atoms with E-state index in [1.807, 2.05) is 0 Å². The van der Waals surface area contributed by atoms with Crippen LogP contribution in [-0.2, 0) is 14.4 Å². The number of hydrogen-bond donors (Lipinski definition) is 2. The number of anilines is 1. The fourth-order valence-corrected chi connectivity index (χ4v) is 1.36. The Hall–Kier alpha value is -2.21. The summed E-state index contributed by atoms with van der Waals surface area (Å²) in [4.78, 5) is 35.4. The fourth-order valence-electron chi connectivity index (χ4n) is 1.36. The number of nitrogens with two attached hydrogens (primary N) is 1. The molecule has 0 aliphatic rings.